The van der Waals surface area contributed by atoms with Crippen LogP contribution in [0.25, 0.3) is 38.6 Å². The lowest BCUT2D eigenvalue weighted by atomic mass is 9.65. The zero-order chi connectivity index (χ0) is 38.0. The topological polar surface area (TPSA) is 8.17 Å². The lowest BCUT2D eigenvalue weighted by Gasteiger charge is -2.37. The molecule has 57 heavy (non-hydrogen) atoms. The Bertz CT molecular complexity index is 2820. The molecule has 1 aromatic heterocycles. The zero-order valence-corrected chi connectivity index (χ0v) is 31.5. The normalized spacial score (nSPS) is 11.5. The van der Waals surface area contributed by atoms with Crippen molar-refractivity contribution in [3.8, 4) is 16.8 Å². The average molecular weight is 729 g/mol. The molecule has 0 amide bonds. The van der Waals surface area contributed by atoms with Crippen LogP contribution in [0.1, 0.15) is 22.3 Å². The number of aromatic nitrogens is 1. The van der Waals surface area contributed by atoms with E-state index in [2.05, 4.69) is 252 Å². The molecule has 0 spiro atoms. The smallest absolute Gasteiger partial charge is 0.0701 e. The number of anilines is 3. The van der Waals surface area contributed by atoms with Gasteiger partial charge in [0.15, 0.2) is 0 Å². The standard InChI is InChI=1S/C55H40N2/c1-6-20-43(21-7-1)55(44-22-8-2-9-23-44,45-24-10-3-11-25-45)46-35-33-41(34-36-46)42-19-18-30-49(39-42)56(47-26-12-4-13-27-47)50-37-38-52-51-31-16-17-32-53(51)57(54(52)40-50)48-28-14-5-15-29-48/h1-40H. The summed E-state index contributed by atoms with van der Waals surface area (Å²) in [7, 11) is 0. The molecule has 0 saturated carbocycles. The molecule has 1 heterocycles. The molecule has 0 radical (unpaired) electrons. The number of rotatable bonds is 9. The Labute approximate surface area is 334 Å². The van der Waals surface area contributed by atoms with Crippen molar-refractivity contribution in [3.63, 3.8) is 0 Å². The first-order valence-electron chi connectivity index (χ1n) is 19.6. The Balaban J connectivity index is 1.10. The van der Waals surface area contributed by atoms with Gasteiger partial charge in [0, 0.05) is 33.5 Å². The van der Waals surface area contributed by atoms with E-state index in [4.69, 9.17) is 0 Å². The largest absolute Gasteiger partial charge is 0.310 e. The first-order valence-corrected chi connectivity index (χ1v) is 19.6. The Morgan fingerprint density at radius 2 is 0.772 bits per heavy atom. The van der Waals surface area contributed by atoms with E-state index in [0.29, 0.717) is 0 Å². The second kappa shape index (κ2) is 14.7. The van der Waals surface area contributed by atoms with Crippen LogP contribution in [0.4, 0.5) is 17.1 Å². The van der Waals surface area contributed by atoms with Gasteiger partial charge >= 0.3 is 0 Å². The summed E-state index contributed by atoms with van der Waals surface area (Å²) in [5, 5.41) is 2.48. The van der Waals surface area contributed by atoms with Gasteiger partial charge in [0.1, 0.15) is 0 Å². The molecule has 10 aromatic rings. The van der Waals surface area contributed by atoms with Gasteiger partial charge in [0.25, 0.3) is 0 Å². The van der Waals surface area contributed by atoms with Gasteiger partial charge in [-0.15, -0.1) is 0 Å². The SMILES string of the molecule is c1ccc(N(c2cccc(-c3ccc(C(c4ccccc4)(c4ccccc4)c4ccccc4)cc3)c2)c2ccc3c4ccccc4n(-c4ccccc4)c3c2)cc1. The average Bonchev–Trinajstić information content (AvgIpc) is 3.63. The summed E-state index contributed by atoms with van der Waals surface area (Å²) in [6.45, 7) is 0. The predicted molar refractivity (Wildman–Crippen MR) is 239 cm³/mol. The van der Waals surface area contributed by atoms with Gasteiger partial charge < -0.3 is 9.47 Å². The predicted octanol–water partition coefficient (Wildman–Crippen LogP) is 14.3. The number of benzene rings is 9. The van der Waals surface area contributed by atoms with Crippen molar-refractivity contribution in [2.24, 2.45) is 0 Å². The van der Waals surface area contributed by atoms with Crippen LogP contribution in [-0.4, -0.2) is 4.57 Å². The number of hydrogen-bond acceptors (Lipinski definition) is 1. The first kappa shape index (κ1) is 34.1. The summed E-state index contributed by atoms with van der Waals surface area (Å²) in [5.74, 6) is 0. The van der Waals surface area contributed by atoms with Crippen LogP contribution in [-0.2, 0) is 5.41 Å². The molecule has 2 heteroatoms. The van der Waals surface area contributed by atoms with Crippen LogP contribution in [0.15, 0.2) is 243 Å². The number of fused-ring (bicyclic) bond motifs is 3. The summed E-state index contributed by atoms with van der Waals surface area (Å²) in [5.41, 5.74) is 13.6. The third-order valence-corrected chi connectivity index (χ3v) is 11.3. The van der Waals surface area contributed by atoms with Crippen LogP contribution in [0.2, 0.25) is 0 Å². The van der Waals surface area contributed by atoms with Crippen molar-refractivity contribution in [3.05, 3.63) is 265 Å². The van der Waals surface area contributed by atoms with Crippen LogP contribution in [0.3, 0.4) is 0 Å². The molecule has 10 rings (SSSR count). The number of hydrogen-bond donors (Lipinski definition) is 0. The minimum atomic E-state index is -0.491. The highest BCUT2D eigenvalue weighted by atomic mass is 15.1. The third-order valence-electron chi connectivity index (χ3n) is 11.3. The quantitative estimate of drug-likeness (QED) is 0.134. The van der Waals surface area contributed by atoms with Gasteiger partial charge in [-0.3, -0.25) is 0 Å². The summed E-state index contributed by atoms with van der Waals surface area (Å²) >= 11 is 0. The highest BCUT2D eigenvalue weighted by Crippen LogP contribution is 2.46. The molecular formula is C55H40N2. The molecular weight excluding hydrogens is 689 g/mol. The fourth-order valence-electron chi connectivity index (χ4n) is 8.78. The van der Waals surface area contributed by atoms with Crippen LogP contribution < -0.4 is 4.90 Å². The van der Waals surface area contributed by atoms with E-state index in [1.54, 1.807) is 0 Å². The van der Waals surface area contributed by atoms with E-state index in [1.165, 1.54) is 44.1 Å². The summed E-state index contributed by atoms with van der Waals surface area (Å²) in [6, 6.07) is 87.8. The maximum Gasteiger partial charge on any atom is 0.0701 e. The summed E-state index contributed by atoms with van der Waals surface area (Å²) < 4.78 is 2.38. The second-order valence-corrected chi connectivity index (χ2v) is 14.5. The third kappa shape index (κ3) is 6.00. The Kier molecular flexibility index (Phi) is 8.78. The molecule has 270 valence electrons. The number of para-hydroxylation sites is 3. The molecule has 0 aliphatic heterocycles. The van der Waals surface area contributed by atoms with Crippen molar-refractivity contribution in [1.82, 2.24) is 4.57 Å². The first-order chi connectivity index (χ1) is 28.3. The van der Waals surface area contributed by atoms with Crippen LogP contribution >= 0.6 is 0 Å². The lowest BCUT2D eigenvalue weighted by Crippen LogP contribution is -2.30. The van der Waals surface area contributed by atoms with Gasteiger partial charge in [0.05, 0.1) is 16.4 Å². The van der Waals surface area contributed by atoms with Gasteiger partial charge in [-0.05, 0) is 88.0 Å². The Morgan fingerprint density at radius 1 is 0.298 bits per heavy atom. The molecule has 2 nitrogen and oxygen atoms in total. The van der Waals surface area contributed by atoms with Gasteiger partial charge in [-0.25, -0.2) is 0 Å². The Hall–Kier alpha value is -7.42. The second-order valence-electron chi connectivity index (χ2n) is 14.5. The van der Waals surface area contributed by atoms with Crippen LogP contribution in [0, 0.1) is 0 Å². The zero-order valence-electron chi connectivity index (χ0n) is 31.5. The molecule has 0 atom stereocenters. The van der Waals surface area contributed by atoms with Crippen molar-refractivity contribution in [1.29, 1.82) is 0 Å². The monoisotopic (exact) mass is 728 g/mol. The van der Waals surface area contributed by atoms with Crippen molar-refractivity contribution in [2.75, 3.05) is 4.90 Å². The fourth-order valence-corrected chi connectivity index (χ4v) is 8.78. The highest BCUT2D eigenvalue weighted by molar-refractivity contribution is 6.10. The van der Waals surface area contributed by atoms with Gasteiger partial charge in [-0.1, -0.05) is 188 Å². The molecule has 0 N–H and O–H groups in total. The molecule has 0 bridgehead atoms. The van der Waals surface area contributed by atoms with E-state index in [1.807, 2.05) is 0 Å². The summed E-state index contributed by atoms with van der Waals surface area (Å²) in [6.07, 6.45) is 0. The minimum Gasteiger partial charge on any atom is -0.310 e. The van der Waals surface area contributed by atoms with Crippen LogP contribution in [0.5, 0.6) is 0 Å². The van der Waals surface area contributed by atoms with E-state index in [0.717, 1.165) is 33.9 Å². The molecule has 0 aliphatic carbocycles. The summed E-state index contributed by atoms with van der Waals surface area (Å²) in [4.78, 5) is 2.37. The van der Waals surface area contributed by atoms with Crippen molar-refractivity contribution in [2.45, 2.75) is 5.41 Å². The molecule has 0 saturated heterocycles. The van der Waals surface area contributed by atoms with E-state index in [9.17, 15) is 0 Å². The van der Waals surface area contributed by atoms with E-state index in [-0.39, 0.29) is 0 Å². The minimum absolute atomic E-state index is 0.491. The van der Waals surface area contributed by atoms with Crippen molar-refractivity contribution < 1.29 is 0 Å². The maximum absolute atomic E-state index is 2.38. The molecule has 0 fully saturated rings. The maximum atomic E-state index is 2.38. The molecule has 0 unspecified atom stereocenters. The van der Waals surface area contributed by atoms with Gasteiger partial charge in [0.2, 0.25) is 0 Å². The highest BCUT2D eigenvalue weighted by Gasteiger charge is 2.38. The fraction of sp³-hybridized carbons (Fsp3) is 0.0182. The Morgan fingerprint density at radius 3 is 1.39 bits per heavy atom. The number of nitrogens with zero attached hydrogens (tertiary/aromatic N) is 2. The molecule has 0 aliphatic rings. The lowest BCUT2D eigenvalue weighted by molar-refractivity contribution is 0.745. The van der Waals surface area contributed by atoms with Crippen molar-refractivity contribution >= 4 is 38.9 Å². The van der Waals surface area contributed by atoms with Gasteiger partial charge in [-0.2, -0.15) is 0 Å². The van der Waals surface area contributed by atoms with E-state index >= 15 is 0 Å². The molecule has 9 aromatic carbocycles. The van der Waals surface area contributed by atoms with E-state index < -0.39 is 5.41 Å².